The number of piperidine rings is 1. The summed E-state index contributed by atoms with van der Waals surface area (Å²) in [6, 6.07) is 10.4. The average molecular weight is 380 g/mol. The molecule has 1 saturated heterocycles. The van der Waals surface area contributed by atoms with Crippen LogP contribution in [-0.4, -0.2) is 23.9 Å². The van der Waals surface area contributed by atoms with Gasteiger partial charge in [0.05, 0.1) is 5.56 Å². The van der Waals surface area contributed by atoms with Gasteiger partial charge in [0, 0.05) is 25.2 Å². The standard InChI is InChI=1S/C20H20F4N2O/c21-18-5-4-16(11-17(18)20(22,23)24)19(27)26-8-6-14(7-9-26)15-3-1-2-13(10-15)12-25/h1-5,10-11,14H,6-9,12,25H2. The Morgan fingerprint density at radius 1 is 1.11 bits per heavy atom. The predicted molar refractivity (Wildman–Crippen MR) is 93.6 cm³/mol. The maximum atomic E-state index is 13.4. The third-order valence-electron chi connectivity index (χ3n) is 4.96. The van der Waals surface area contributed by atoms with Crippen molar-refractivity contribution in [2.45, 2.75) is 31.5 Å². The molecule has 1 aliphatic rings. The summed E-state index contributed by atoms with van der Waals surface area (Å²) in [6.45, 7) is 1.33. The zero-order valence-electron chi connectivity index (χ0n) is 14.6. The summed E-state index contributed by atoms with van der Waals surface area (Å²) >= 11 is 0. The van der Waals surface area contributed by atoms with Crippen LogP contribution in [0.3, 0.4) is 0 Å². The highest BCUT2D eigenvalue weighted by molar-refractivity contribution is 5.94. The van der Waals surface area contributed by atoms with Crippen molar-refractivity contribution in [1.82, 2.24) is 4.90 Å². The monoisotopic (exact) mass is 380 g/mol. The molecule has 0 unspecified atom stereocenters. The Labute approximate surface area is 154 Å². The number of hydrogen-bond acceptors (Lipinski definition) is 2. The van der Waals surface area contributed by atoms with Gasteiger partial charge >= 0.3 is 6.18 Å². The van der Waals surface area contributed by atoms with E-state index in [4.69, 9.17) is 5.73 Å². The molecule has 144 valence electrons. The Balaban J connectivity index is 1.70. The molecule has 3 nitrogen and oxygen atoms in total. The molecule has 0 spiro atoms. The van der Waals surface area contributed by atoms with Crippen molar-refractivity contribution in [2.75, 3.05) is 13.1 Å². The topological polar surface area (TPSA) is 46.3 Å². The normalized spacial score (nSPS) is 15.8. The predicted octanol–water partition coefficient (Wildman–Crippen LogP) is 4.32. The van der Waals surface area contributed by atoms with Gasteiger partial charge in [-0.3, -0.25) is 4.79 Å². The molecule has 0 saturated carbocycles. The van der Waals surface area contributed by atoms with Gasteiger partial charge < -0.3 is 10.6 Å². The molecule has 0 radical (unpaired) electrons. The summed E-state index contributed by atoms with van der Waals surface area (Å²) in [5, 5.41) is 0. The number of nitrogens with two attached hydrogens (primary N) is 1. The molecule has 0 atom stereocenters. The summed E-state index contributed by atoms with van der Waals surface area (Å²) in [5.74, 6) is -1.60. The van der Waals surface area contributed by atoms with Crippen molar-refractivity contribution in [3.8, 4) is 0 Å². The molecule has 27 heavy (non-hydrogen) atoms. The highest BCUT2D eigenvalue weighted by atomic mass is 19.4. The molecular weight excluding hydrogens is 360 g/mol. The molecule has 3 rings (SSSR count). The summed E-state index contributed by atoms with van der Waals surface area (Å²) in [7, 11) is 0. The molecule has 7 heteroatoms. The number of benzene rings is 2. The van der Waals surface area contributed by atoms with Crippen molar-refractivity contribution in [2.24, 2.45) is 5.73 Å². The van der Waals surface area contributed by atoms with Crippen molar-refractivity contribution in [1.29, 1.82) is 0 Å². The van der Waals surface area contributed by atoms with Crippen molar-refractivity contribution in [3.05, 3.63) is 70.5 Å². The largest absolute Gasteiger partial charge is 0.419 e. The summed E-state index contributed by atoms with van der Waals surface area (Å²) in [6.07, 6.45) is -3.40. The summed E-state index contributed by atoms with van der Waals surface area (Å²) in [5.41, 5.74) is 6.30. The van der Waals surface area contributed by atoms with E-state index in [1.54, 1.807) is 0 Å². The molecule has 0 aromatic heterocycles. The fourth-order valence-corrected chi connectivity index (χ4v) is 3.45. The minimum absolute atomic E-state index is 0.146. The first-order valence-electron chi connectivity index (χ1n) is 8.74. The quantitative estimate of drug-likeness (QED) is 0.806. The van der Waals surface area contributed by atoms with Crippen molar-refractivity contribution in [3.63, 3.8) is 0 Å². The lowest BCUT2D eigenvalue weighted by molar-refractivity contribution is -0.140. The highest BCUT2D eigenvalue weighted by Crippen LogP contribution is 2.33. The maximum absolute atomic E-state index is 13.4. The number of hydrogen-bond donors (Lipinski definition) is 1. The van der Waals surface area contributed by atoms with Gasteiger partial charge in [0.1, 0.15) is 5.82 Å². The van der Waals surface area contributed by atoms with Crippen LogP contribution in [0.1, 0.15) is 45.8 Å². The van der Waals surface area contributed by atoms with Gasteiger partial charge in [-0.25, -0.2) is 4.39 Å². The van der Waals surface area contributed by atoms with Gasteiger partial charge in [-0.1, -0.05) is 24.3 Å². The molecule has 1 heterocycles. The Hall–Kier alpha value is -2.41. The van der Waals surface area contributed by atoms with Crippen LogP contribution in [0.15, 0.2) is 42.5 Å². The van der Waals surface area contributed by atoms with Crippen LogP contribution in [0, 0.1) is 5.82 Å². The second-order valence-corrected chi connectivity index (χ2v) is 6.71. The minimum Gasteiger partial charge on any atom is -0.339 e. The number of amides is 1. The first-order chi connectivity index (χ1) is 12.8. The first kappa shape index (κ1) is 19.4. The summed E-state index contributed by atoms with van der Waals surface area (Å²) in [4.78, 5) is 14.1. The Morgan fingerprint density at radius 2 is 1.81 bits per heavy atom. The van der Waals surface area contributed by atoms with Crippen LogP contribution in [0.5, 0.6) is 0 Å². The van der Waals surface area contributed by atoms with Crippen LogP contribution < -0.4 is 5.73 Å². The molecular formula is C20H20F4N2O. The van der Waals surface area contributed by atoms with E-state index in [1.165, 1.54) is 4.90 Å². The fourth-order valence-electron chi connectivity index (χ4n) is 3.45. The number of carbonyl (C=O) groups excluding carboxylic acids is 1. The van der Waals surface area contributed by atoms with E-state index >= 15 is 0 Å². The van der Waals surface area contributed by atoms with Crippen molar-refractivity contribution >= 4 is 5.91 Å². The summed E-state index contributed by atoms with van der Waals surface area (Å²) < 4.78 is 52.0. The lowest BCUT2D eigenvalue weighted by Gasteiger charge is -2.32. The Kier molecular flexibility index (Phi) is 5.51. The Morgan fingerprint density at radius 3 is 2.44 bits per heavy atom. The smallest absolute Gasteiger partial charge is 0.339 e. The maximum Gasteiger partial charge on any atom is 0.419 e. The number of nitrogens with zero attached hydrogens (tertiary/aromatic N) is 1. The number of alkyl halides is 3. The lowest BCUT2D eigenvalue weighted by atomic mass is 9.88. The fraction of sp³-hybridized carbons (Fsp3) is 0.350. The van der Waals surface area contributed by atoms with Crippen LogP contribution in [0.4, 0.5) is 17.6 Å². The van der Waals surface area contributed by atoms with Gasteiger partial charge in [0.2, 0.25) is 0 Å². The third kappa shape index (κ3) is 4.30. The van der Waals surface area contributed by atoms with Gasteiger partial charge in [0.15, 0.2) is 0 Å². The second-order valence-electron chi connectivity index (χ2n) is 6.71. The zero-order chi connectivity index (χ0) is 19.6. The van der Waals surface area contributed by atoms with E-state index in [1.807, 2.05) is 18.2 Å². The van der Waals surface area contributed by atoms with Gasteiger partial charge in [-0.15, -0.1) is 0 Å². The number of rotatable bonds is 3. The molecule has 0 aliphatic carbocycles. The van der Waals surface area contributed by atoms with Crippen molar-refractivity contribution < 1.29 is 22.4 Å². The average Bonchev–Trinajstić information content (AvgIpc) is 2.67. The molecule has 2 aromatic rings. The van der Waals surface area contributed by atoms with Crippen LogP contribution >= 0.6 is 0 Å². The molecule has 1 amide bonds. The minimum atomic E-state index is -4.83. The van der Waals surface area contributed by atoms with E-state index in [2.05, 4.69) is 6.07 Å². The third-order valence-corrected chi connectivity index (χ3v) is 4.96. The van der Waals surface area contributed by atoms with E-state index in [0.717, 1.165) is 17.2 Å². The highest BCUT2D eigenvalue weighted by Gasteiger charge is 2.35. The second kappa shape index (κ2) is 7.68. The van der Waals surface area contributed by atoms with Gasteiger partial charge in [-0.2, -0.15) is 13.2 Å². The van der Waals surface area contributed by atoms with Gasteiger partial charge in [-0.05, 0) is 48.1 Å². The first-order valence-corrected chi connectivity index (χ1v) is 8.74. The number of likely N-dealkylation sites (tertiary alicyclic amines) is 1. The van der Waals surface area contributed by atoms with E-state index in [9.17, 15) is 22.4 Å². The van der Waals surface area contributed by atoms with Crippen LogP contribution in [-0.2, 0) is 12.7 Å². The molecule has 1 aliphatic heterocycles. The van der Waals surface area contributed by atoms with E-state index in [0.29, 0.717) is 44.6 Å². The van der Waals surface area contributed by atoms with Gasteiger partial charge in [0.25, 0.3) is 5.91 Å². The molecule has 1 fully saturated rings. The molecule has 2 N–H and O–H groups in total. The van der Waals surface area contributed by atoms with Crippen LogP contribution in [0.25, 0.3) is 0 Å². The number of carbonyl (C=O) groups is 1. The molecule has 0 bridgehead atoms. The van der Waals surface area contributed by atoms with Crippen LogP contribution in [0.2, 0.25) is 0 Å². The van der Waals surface area contributed by atoms with E-state index in [-0.39, 0.29) is 11.5 Å². The molecule has 2 aromatic carbocycles. The number of halogens is 4. The van der Waals surface area contributed by atoms with E-state index < -0.39 is 23.5 Å². The Bertz CT molecular complexity index is 827. The zero-order valence-corrected chi connectivity index (χ0v) is 14.6. The lowest BCUT2D eigenvalue weighted by Crippen LogP contribution is -2.38. The SMILES string of the molecule is NCc1cccc(C2CCN(C(=O)c3ccc(F)c(C(F)(F)F)c3)CC2)c1.